The van der Waals surface area contributed by atoms with Crippen molar-refractivity contribution in [1.29, 1.82) is 0 Å². The molecule has 0 bridgehead atoms. The molecular formula is C15H22N4. The van der Waals surface area contributed by atoms with Crippen LogP contribution in [-0.4, -0.2) is 32.4 Å². The molecule has 1 aliphatic rings. The zero-order valence-electron chi connectivity index (χ0n) is 12.1. The molecule has 102 valence electrons. The molecule has 1 aliphatic heterocycles. The number of aromatic nitrogens is 3. The van der Waals surface area contributed by atoms with E-state index in [1.54, 1.807) is 0 Å². The monoisotopic (exact) mass is 258 g/mol. The van der Waals surface area contributed by atoms with Gasteiger partial charge in [-0.1, -0.05) is 6.92 Å². The minimum atomic E-state index is 0.813. The number of hydrogen-bond acceptors (Lipinski definition) is 3. The standard InChI is InChI=1S/C15H22N4/c1-11-5-4-6-18(8-11)9-14-10-19-13(3)7-12(2)16-15(19)17-14/h7,10-11H,4-6,8-9H2,1-3H3. The highest BCUT2D eigenvalue weighted by atomic mass is 15.2. The highest BCUT2D eigenvalue weighted by Crippen LogP contribution is 2.18. The van der Waals surface area contributed by atoms with Crippen LogP contribution in [0.3, 0.4) is 0 Å². The quantitative estimate of drug-likeness (QED) is 0.830. The van der Waals surface area contributed by atoms with Gasteiger partial charge in [0.2, 0.25) is 5.78 Å². The molecule has 4 nitrogen and oxygen atoms in total. The number of nitrogens with zero attached hydrogens (tertiary/aromatic N) is 4. The van der Waals surface area contributed by atoms with Gasteiger partial charge >= 0.3 is 0 Å². The lowest BCUT2D eigenvalue weighted by Gasteiger charge is -2.30. The van der Waals surface area contributed by atoms with E-state index in [-0.39, 0.29) is 0 Å². The Labute approximate surface area is 114 Å². The van der Waals surface area contributed by atoms with E-state index in [0.717, 1.165) is 29.6 Å². The molecule has 3 rings (SSSR count). The number of rotatable bonds is 2. The third-order valence-corrected chi connectivity index (χ3v) is 3.94. The van der Waals surface area contributed by atoms with Crippen LogP contribution >= 0.6 is 0 Å². The summed E-state index contributed by atoms with van der Waals surface area (Å²) in [6, 6.07) is 2.10. The van der Waals surface area contributed by atoms with Crippen molar-refractivity contribution in [3.05, 3.63) is 29.3 Å². The summed E-state index contributed by atoms with van der Waals surface area (Å²) < 4.78 is 2.09. The van der Waals surface area contributed by atoms with Crippen molar-refractivity contribution in [2.24, 2.45) is 5.92 Å². The molecule has 0 spiro atoms. The van der Waals surface area contributed by atoms with E-state index in [1.165, 1.54) is 31.6 Å². The Kier molecular flexibility index (Phi) is 3.27. The van der Waals surface area contributed by atoms with Crippen LogP contribution in [0.1, 0.15) is 36.8 Å². The Hall–Kier alpha value is -1.42. The fourth-order valence-electron chi connectivity index (χ4n) is 3.05. The maximum absolute atomic E-state index is 4.66. The van der Waals surface area contributed by atoms with Gasteiger partial charge in [-0.3, -0.25) is 9.30 Å². The number of hydrogen-bond donors (Lipinski definition) is 0. The van der Waals surface area contributed by atoms with Crippen molar-refractivity contribution >= 4 is 5.78 Å². The SMILES string of the molecule is Cc1cc(C)n2cc(CN3CCCC(C)C3)nc2n1. The van der Waals surface area contributed by atoms with Gasteiger partial charge in [0, 0.05) is 30.7 Å². The third-order valence-electron chi connectivity index (χ3n) is 3.94. The first-order valence-electron chi connectivity index (χ1n) is 7.16. The summed E-state index contributed by atoms with van der Waals surface area (Å²) in [6.07, 6.45) is 4.81. The van der Waals surface area contributed by atoms with Gasteiger partial charge in [0.15, 0.2) is 0 Å². The van der Waals surface area contributed by atoms with Crippen LogP contribution in [0.25, 0.3) is 5.78 Å². The number of imidazole rings is 1. The van der Waals surface area contributed by atoms with Crippen LogP contribution in [0.2, 0.25) is 0 Å². The zero-order valence-corrected chi connectivity index (χ0v) is 12.1. The molecule has 1 saturated heterocycles. The van der Waals surface area contributed by atoms with E-state index < -0.39 is 0 Å². The highest BCUT2D eigenvalue weighted by molar-refractivity contribution is 5.34. The number of piperidine rings is 1. The third kappa shape index (κ3) is 2.63. The average molecular weight is 258 g/mol. The average Bonchev–Trinajstić information content (AvgIpc) is 2.71. The topological polar surface area (TPSA) is 33.4 Å². The lowest BCUT2D eigenvalue weighted by atomic mass is 10.0. The van der Waals surface area contributed by atoms with Crippen molar-refractivity contribution < 1.29 is 0 Å². The molecule has 19 heavy (non-hydrogen) atoms. The van der Waals surface area contributed by atoms with E-state index in [4.69, 9.17) is 0 Å². The first kappa shape index (κ1) is 12.6. The van der Waals surface area contributed by atoms with Crippen molar-refractivity contribution in [1.82, 2.24) is 19.3 Å². The summed E-state index contributed by atoms with van der Waals surface area (Å²) in [5, 5.41) is 0. The van der Waals surface area contributed by atoms with Gasteiger partial charge in [0.1, 0.15) is 0 Å². The molecule has 0 radical (unpaired) electrons. The minimum Gasteiger partial charge on any atom is -0.297 e. The van der Waals surface area contributed by atoms with Crippen LogP contribution in [0.15, 0.2) is 12.3 Å². The Morgan fingerprint density at radius 1 is 1.32 bits per heavy atom. The van der Waals surface area contributed by atoms with E-state index in [9.17, 15) is 0 Å². The minimum absolute atomic E-state index is 0.813. The summed E-state index contributed by atoms with van der Waals surface area (Å²) in [7, 11) is 0. The van der Waals surface area contributed by atoms with Crippen molar-refractivity contribution in [3.63, 3.8) is 0 Å². The smallest absolute Gasteiger partial charge is 0.234 e. The van der Waals surface area contributed by atoms with Crippen LogP contribution in [0, 0.1) is 19.8 Å². The molecule has 1 unspecified atom stereocenters. The summed E-state index contributed by atoms with van der Waals surface area (Å²) in [5.74, 6) is 1.64. The lowest BCUT2D eigenvalue weighted by Crippen LogP contribution is -2.33. The Morgan fingerprint density at radius 2 is 2.16 bits per heavy atom. The predicted molar refractivity (Wildman–Crippen MR) is 76.1 cm³/mol. The molecule has 3 heterocycles. The summed E-state index contributed by atoms with van der Waals surface area (Å²) in [6.45, 7) is 9.81. The fourth-order valence-corrected chi connectivity index (χ4v) is 3.05. The fraction of sp³-hybridized carbons (Fsp3) is 0.600. The van der Waals surface area contributed by atoms with Crippen LogP contribution in [-0.2, 0) is 6.54 Å². The van der Waals surface area contributed by atoms with E-state index in [2.05, 4.69) is 45.4 Å². The second-order valence-corrected chi connectivity index (χ2v) is 5.92. The second-order valence-electron chi connectivity index (χ2n) is 5.92. The zero-order chi connectivity index (χ0) is 13.4. The Balaban J connectivity index is 1.83. The van der Waals surface area contributed by atoms with Gasteiger partial charge in [-0.05, 0) is 45.2 Å². The van der Waals surface area contributed by atoms with Crippen LogP contribution in [0.4, 0.5) is 0 Å². The molecule has 2 aromatic rings. The van der Waals surface area contributed by atoms with E-state index >= 15 is 0 Å². The maximum Gasteiger partial charge on any atom is 0.234 e. The van der Waals surface area contributed by atoms with Crippen molar-refractivity contribution in [2.75, 3.05) is 13.1 Å². The molecule has 4 heteroatoms. The molecule has 1 fully saturated rings. The van der Waals surface area contributed by atoms with Gasteiger partial charge in [-0.15, -0.1) is 0 Å². The number of fused-ring (bicyclic) bond motifs is 1. The predicted octanol–water partition coefficient (Wildman–Crippen LogP) is 2.58. The molecule has 0 aliphatic carbocycles. The Bertz CT molecular complexity index is 587. The van der Waals surface area contributed by atoms with Gasteiger partial charge in [0.05, 0.1) is 5.69 Å². The summed E-state index contributed by atoms with van der Waals surface area (Å²) in [5.41, 5.74) is 3.37. The van der Waals surface area contributed by atoms with E-state index in [1.807, 2.05) is 6.92 Å². The normalized spacial score (nSPS) is 21.1. The van der Waals surface area contributed by atoms with Crippen LogP contribution < -0.4 is 0 Å². The van der Waals surface area contributed by atoms with Gasteiger partial charge in [-0.25, -0.2) is 9.97 Å². The molecule has 0 aromatic carbocycles. The van der Waals surface area contributed by atoms with Gasteiger partial charge in [-0.2, -0.15) is 0 Å². The largest absolute Gasteiger partial charge is 0.297 e. The number of likely N-dealkylation sites (tertiary alicyclic amines) is 1. The molecule has 0 amide bonds. The molecule has 1 atom stereocenters. The second kappa shape index (κ2) is 4.93. The number of aryl methyl sites for hydroxylation is 2. The first-order valence-corrected chi connectivity index (χ1v) is 7.16. The highest BCUT2D eigenvalue weighted by Gasteiger charge is 2.17. The summed E-state index contributed by atoms with van der Waals surface area (Å²) >= 11 is 0. The maximum atomic E-state index is 4.66. The van der Waals surface area contributed by atoms with Crippen LogP contribution in [0.5, 0.6) is 0 Å². The van der Waals surface area contributed by atoms with Gasteiger partial charge < -0.3 is 0 Å². The molecule has 0 N–H and O–H groups in total. The first-order chi connectivity index (χ1) is 9.11. The van der Waals surface area contributed by atoms with Crippen molar-refractivity contribution in [3.8, 4) is 0 Å². The lowest BCUT2D eigenvalue weighted by molar-refractivity contribution is 0.175. The summed E-state index contributed by atoms with van der Waals surface area (Å²) in [4.78, 5) is 11.7. The molecular weight excluding hydrogens is 236 g/mol. The van der Waals surface area contributed by atoms with E-state index in [0.29, 0.717) is 0 Å². The molecule has 2 aromatic heterocycles. The Morgan fingerprint density at radius 3 is 2.95 bits per heavy atom. The molecule has 0 saturated carbocycles. The van der Waals surface area contributed by atoms with Crippen molar-refractivity contribution in [2.45, 2.75) is 40.2 Å². The van der Waals surface area contributed by atoms with Gasteiger partial charge in [0.25, 0.3) is 0 Å².